The third-order valence-electron chi connectivity index (χ3n) is 7.82. The smallest absolute Gasteiger partial charge is 0.290 e. The molecule has 0 aromatic heterocycles. The predicted molar refractivity (Wildman–Crippen MR) is 127 cm³/mol. The van der Waals surface area contributed by atoms with Crippen molar-refractivity contribution < 1.29 is 24.2 Å². The summed E-state index contributed by atoms with van der Waals surface area (Å²) in [6, 6.07) is 14.0. The van der Waals surface area contributed by atoms with Gasteiger partial charge in [-0.1, -0.05) is 38.1 Å². The number of aromatic hydroxyl groups is 1. The summed E-state index contributed by atoms with van der Waals surface area (Å²) in [5.41, 5.74) is 2.36. The van der Waals surface area contributed by atoms with Crippen LogP contribution in [0, 0.1) is 17.8 Å². The number of benzene rings is 2. The van der Waals surface area contributed by atoms with Gasteiger partial charge in [0.05, 0.1) is 24.6 Å². The van der Waals surface area contributed by atoms with Crippen molar-refractivity contribution in [1.82, 2.24) is 4.90 Å². The second kappa shape index (κ2) is 8.82. The van der Waals surface area contributed by atoms with E-state index in [1.807, 2.05) is 24.3 Å². The standard InChI is InChI=1S/C28H31NO5/c1-16-14-22-23(15-17(16)2)34-27-24(26(22)31)25(19-6-8-20(30)9-7-19)29(28(27)32)13-12-18-4-10-21(33-3)11-5-18/h4-11,16-17,22-23,25,30H,12-15H2,1-3H3. The van der Waals surface area contributed by atoms with E-state index in [1.54, 1.807) is 36.3 Å². The van der Waals surface area contributed by atoms with E-state index in [-0.39, 0.29) is 35.2 Å². The molecule has 0 bridgehead atoms. The number of carbonyl (C=O) groups is 2. The fourth-order valence-electron chi connectivity index (χ4n) is 5.58. The molecule has 5 rings (SSSR count). The second-order valence-corrected chi connectivity index (χ2v) is 9.89. The predicted octanol–water partition coefficient (Wildman–Crippen LogP) is 4.43. The highest BCUT2D eigenvalue weighted by Gasteiger charge is 2.53. The SMILES string of the molecule is COc1ccc(CCN2C(=O)C3=C(C(=O)C4CC(C)C(C)CC4O3)C2c2ccc(O)cc2)cc1. The van der Waals surface area contributed by atoms with Crippen LogP contribution in [0.4, 0.5) is 0 Å². The van der Waals surface area contributed by atoms with Crippen molar-refractivity contribution in [1.29, 1.82) is 0 Å². The van der Waals surface area contributed by atoms with Crippen LogP contribution in [0.3, 0.4) is 0 Å². The molecule has 34 heavy (non-hydrogen) atoms. The summed E-state index contributed by atoms with van der Waals surface area (Å²) in [5, 5.41) is 9.81. The lowest BCUT2D eigenvalue weighted by molar-refractivity contribution is -0.137. The number of carbonyl (C=O) groups excluding carboxylic acids is 2. The minimum Gasteiger partial charge on any atom is -0.508 e. The zero-order valence-corrected chi connectivity index (χ0v) is 19.9. The molecule has 6 nitrogen and oxygen atoms in total. The first-order valence-electron chi connectivity index (χ1n) is 12.0. The lowest BCUT2D eigenvalue weighted by Gasteiger charge is -2.40. The number of fused-ring (bicyclic) bond motifs is 1. The molecular formula is C28H31NO5. The molecule has 178 valence electrons. The molecule has 3 aliphatic rings. The summed E-state index contributed by atoms with van der Waals surface area (Å²) in [6.07, 6.45) is 1.98. The van der Waals surface area contributed by atoms with Crippen molar-refractivity contribution in [2.24, 2.45) is 17.8 Å². The molecule has 1 fully saturated rings. The molecule has 5 unspecified atom stereocenters. The lowest BCUT2D eigenvalue weighted by Crippen LogP contribution is -2.43. The van der Waals surface area contributed by atoms with Crippen LogP contribution in [0.15, 0.2) is 59.9 Å². The zero-order valence-electron chi connectivity index (χ0n) is 19.9. The van der Waals surface area contributed by atoms with E-state index in [1.165, 1.54) is 0 Å². The number of methoxy groups -OCH3 is 1. The number of phenolic OH excluding ortho intramolecular Hbond substituents is 1. The monoisotopic (exact) mass is 461 g/mol. The van der Waals surface area contributed by atoms with E-state index < -0.39 is 6.04 Å². The number of rotatable bonds is 5. The Kier molecular flexibility index (Phi) is 5.84. The van der Waals surface area contributed by atoms with Gasteiger partial charge in [-0.25, -0.2) is 0 Å². The highest BCUT2D eigenvalue weighted by Crippen LogP contribution is 2.48. The number of hydrogen-bond donors (Lipinski definition) is 1. The van der Waals surface area contributed by atoms with Crippen LogP contribution in [0.2, 0.25) is 0 Å². The number of ether oxygens (including phenoxy) is 2. The number of phenols is 1. The van der Waals surface area contributed by atoms with Crippen molar-refractivity contribution in [3.63, 3.8) is 0 Å². The fourth-order valence-corrected chi connectivity index (χ4v) is 5.58. The summed E-state index contributed by atoms with van der Waals surface area (Å²) in [6.45, 7) is 4.83. The van der Waals surface area contributed by atoms with Gasteiger partial charge in [0, 0.05) is 6.54 Å². The van der Waals surface area contributed by atoms with Crippen LogP contribution in [0.25, 0.3) is 0 Å². The molecular weight excluding hydrogens is 430 g/mol. The van der Waals surface area contributed by atoms with Gasteiger partial charge < -0.3 is 19.5 Å². The Bertz CT molecular complexity index is 1120. The molecule has 2 aromatic rings. The minimum absolute atomic E-state index is 0.0448. The third-order valence-corrected chi connectivity index (χ3v) is 7.82. The van der Waals surface area contributed by atoms with Crippen LogP contribution >= 0.6 is 0 Å². The molecule has 0 spiro atoms. The number of Topliss-reactive ketones (excluding diaryl/α,β-unsaturated/α-hetero) is 1. The average molecular weight is 462 g/mol. The average Bonchev–Trinajstić information content (AvgIpc) is 3.11. The van der Waals surface area contributed by atoms with Gasteiger partial charge in [0.1, 0.15) is 17.6 Å². The van der Waals surface area contributed by atoms with Crippen LogP contribution < -0.4 is 4.74 Å². The van der Waals surface area contributed by atoms with Gasteiger partial charge in [-0.15, -0.1) is 0 Å². The largest absolute Gasteiger partial charge is 0.508 e. The Morgan fingerprint density at radius 2 is 1.68 bits per heavy atom. The second-order valence-electron chi connectivity index (χ2n) is 9.89. The summed E-state index contributed by atoms with van der Waals surface area (Å²) < 4.78 is 11.5. The van der Waals surface area contributed by atoms with E-state index in [9.17, 15) is 14.7 Å². The molecule has 2 heterocycles. The molecule has 0 saturated heterocycles. The van der Waals surface area contributed by atoms with Gasteiger partial charge in [-0.3, -0.25) is 9.59 Å². The number of hydrogen-bond acceptors (Lipinski definition) is 5. The summed E-state index contributed by atoms with van der Waals surface area (Å²) in [7, 11) is 1.63. The van der Waals surface area contributed by atoms with Crippen LogP contribution in [-0.2, 0) is 20.7 Å². The summed E-state index contributed by atoms with van der Waals surface area (Å²) in [5.74, 6) is 1.65. The van der Waals surface area contributed by atoms with E-state index in [0.717, 1.165) is 29.7 Å². The maximum absolute atomic E-state index is 13.8. The Hall–Kier alpha value is -3.28. The van der Waals surface area contributed by atoms with Crippen molar-refractivity contribution in [3.05, 3.63) is 71.0 Å². The summed E-state index contributed by atoms with van der Waals surface area (Å²) >= 11 is 0. The Labute approximate surface area is 200 Å². The van der Waals surface area contributed by atoms with Crippen molar-refractivity contribution >= 4 is 11.7 Å². The molecule has 1 N–H and O–H groups in total. The molecule has 1 saturated carbocycles. The number of ketones is 1. The number of amides is 1. The topological polar surface area (TPSA) is 76.1 Å². The first kappa shape index (κ1) is 22.5. The molecule has 1 amide bonds. The number of nitrogens with zero attached hydrogens (tertiary/aromatic N) is 1. The van der Waals surface area contributed by atoms with Crippen LogP contribution in [0.5, 0.6) is 11.5 Å². The molecule has 6 heteroatoms. The summed E-state index contributed by atoms with van der Waals surface area (Å²) in [4.78, 5) is 29.2. The van der Waals surface area contributed by atoms with Crippen molar-refractivity contribution in [2.75, 3.05) is 13.7 Å². The van der Waals surface area contributed by atoms with Crippen LogP contribution in [0.1, 0.15) is 43.9 Å². The zero-order chi connectivity index (χ0) is 24.0. The first-order chi connectivity index (χ1) is 16.4. The van der Waals surface area contributed by atoms with E-state index >= 15 is 0 Å². The molecule has 2 aliphatic heterocycles. The Morgan fingerprint density at radius 1 is 1.00 bits per heavy atom. The maximum atomic E-state index is 13.8. The molecule has 1 aliphatic carbocycles. The van der Waals surface area contributed by atoms with Gasteiger partial charge in [0.2, 0.25) is 0 Å². The van der Waals surface area contributed by atoms with E-state index in [2.05, 4.69) is 13.8 Å². The third kappa shape index (κ3) is 3.85. The molecule has 0 radical (unpaired) electrons. The fraction of sp³-hybridized carbons (Fsp3) is 0.429. The Morgan fingerprint density at radius 3 is 2.35 bits per heavy atom. The normalized spacial score (nSPS) is 28.4. The molecule has 5 atom stereocenters. The highest BCUT2D eigenvalue weighted by molar-refractivity contribution is 6.11. The minimum atomic E-state index is -0.510. The van der Waals surface area contributed by atoms with E-state index in [4.69, 9.17) is 9.47 Å². The maximum Gasteiger partial charge on any atom is 0.290 e. The van der Waals surface area contributed by atoms with Gasteiger partial charge in [0.25, 0.3) is 5.91 Å². The van der Waals surface area contributed by atoms with Crippen molar-refractivity contribution in [2.45, 2.75) is 45.3 Å². The van der Waals surface area contributed by atoms with E-state index in [0.29, 0.717) is 30.4 Å². The van der Waals surface area contributed by atoms with Crippen LogP contribution in [-0.4, -0.2) is 41.5 Å². The van der Waals surface area contributed by atoms with Crippen molar-refractivity contribution in [3.8, 4) is 11.5 Å². The molecule has 2 aromatic carbocycles. The lowest BCUT2D eigenvalue weighted by atomic mass is 9.70. The Balaban J connectivity index is 1.48. The highest BCUT2D eigenvalue weighted by atomic mass is 16.5. The quantitative estimate of drug-likeness (QED) is 0.713. The van der Waals surface area contributed by atoms with Gasteiger partial charge in [0.15, 0.2) is 11.5 Å². The van der Waals surface area contributed by atoms with Gasteiger partial charge in [-0.2, -0.15) is 0 Å². The van der Waals surface area contributed by atoms with Gasteiger partial charge >= 0.3 is 0 Å². The van der Waals surface area contributed by atoms with Gasteiger partial charge in [-0.05, 0) is 66.5 Å². The first-order valence-corrected chi connectivity index (χ1v) is 12.0.